The number of hydrogen-bond acceptors (Lipinski definition) is 0. The molecule has 0 heterocycles. The molecule has 0 saturated heterocycles. The molecule has 0 nitrogen and oxygen atoms in total. The summed E-state index contributed by atoms with van der Waals surface area (Å²) in [4.78, 5) is 0. The van der Waals surface area contributed by atoms with Crippen molar-refractivity contribution in [2.45, 2.75) is 63.7 Å². The first-order valence-corrected chi connectivity index (χ1v) is 7.57. The molecule has 1 aromatic rings. The van der Waals surface area contributed by atoms with E-state index < -0.39 is 0 Å². The van der Waals surface area contributed by atoms with E-state index in [9.17, 15) is 0 Å². The Labute approximate surface area is 104 Å². The summed E-state index contributed by atoms with van der Waals surface area (Å²) in [6, 6.07) is 4.97. The Kier molecular flexibility index (Phi) is 2.31. The van der Waals surface area contributed by atoms with Crippen LogP contribution in [0.4, 0.5) is 0 Å². The molecule has 0 amide bonds. The Morgan fingerprint density at radius 2 is 1.71 bits per heavy atom. The fourth-order valence-corrected chi connectivity index (χ4v) is 4.69. The Hall–Kier alpha value is -0.780. The van der Waals surface area contributed by atoms with Gasteiger partial charge in [0.15, 0.2) is 0 Å². The highest BCUT2D eigenvalue weighted by atomic mass is 14.4. The second-order valence-electron chi connectivity index (χ2n) is 6.31. The topological polar surface area (TPSA) is 0 Å². The van der Waals surface area contributed by atoms with E-state index in [2.05, 4.69) is 12.1 Å². The van der Waals surface area contributed by atoms with Gasteiger partial charge in [-0.25, -0.2) is 0 Å². The lowest BCUT2D eigenvalue weighted by atomic mass is 9.73. The van der Waals surface area contributed by atoms with Crippen molar-refractivity contribution in [3.8, 4) is 0 Å². The van der Waals surface area contributed by atoms with Crippen LogP contribution < -0.4 is 0 Å². The first kappa shape index (κ1) is 10.2. The maximum Gasteiger partial charge on any atom is -0.0131 e. The largest absolute Gasteiger partial charge is 0.0585 e. The summed E-state index contributed by atoms with van der Waals surface area (Å²) in [6.45, 7) is 0. The second-order valence-corrected chi connectivity index (χ2v) is 6.31. The predicted octanol–water partition coefficient (Wildman–Crippen LogP) is 4.40. The van der Waals surface area contributed by atoms with Gasteiger partial charge in [0, 0.05) is 0 Å². The number of aryl methyl sites for hydroxylation is 1. The lowest BCUT2D eigenvalue weighted by Crippen LogP contribution is -2.19. The third-order valence-corrected chi connectivity index (χ3v) is 5.51. The van der Waals surface area contributed by atoms with Crippen LogP contribution in [0.1, 0.15) is 66.7 Å². The molecule has 1 saturated carbocycles. The van der Waals surface area contributed by atoms with Crippen molar-refractivity contribution < 1.29 is 0 Å². The van der Waals surface area contributed by atoms with Crippen LogP contribution in [-0.2, 0) is 19.3 Å². The molecule has 4 rings (SSSR count). The van der Waals surface area contributed by atoms with Crippen molar-refractivity contribution in [1.82, 2.24) is 0 Å². The summed E-state index contributed by atoms with van der Waals surface area (Å²) in [6.07, 6.45) is 12.9. The summed E-state index contributed by atoms with van der Waals surface area (Å²) in [5, 5.41) is 0. The molecule has 0 aliphatic heterocycles. The number of hydrogen-bond donors (Lipinski definition) is 0. The molecule has 3 aliphatic rings. The van der Waals surface area contributed by atoms with Crippen LogP contribution in [0.2, 0.25) is 0 Å². The van der Waals surface area contributed by atoms with Gasteiger partial charge < -0.3 is 0 Å². The molecule has 0 bridgehead atoms. The van der Waals surface area contributed by atoms with Crippen LogP contribution in [-0.4, -0.2) is 0 Å². The van der Waals surface area contributed by atoms with E-state index in [0.29, 0.717) is 0 Å². The van der Waals surface area contributed by atoms with Crippen LogP contribution >= 0.6 is 0 Å². The second kappa shape index (κ2) is 3.86. The fourth-order valence-electron chi connectivity index (χ4n) is 4.69. The van der Waals surface area contributed by atoms with Crippen LogP contribution in [0.15, 0.2) is 12.1 Å². The van der Waals surface area contributed by atoms with Crippen LogP contribution in [0.25, 0.3) is 0 Å². The average molecular weight is 226 g/mol. The summed E-state index contributed by atoms with van der Waals surface area (Å²) < 4.78 is 0. The Morgan fingerprint density at radius 3 is 2.71 bits per heavy atom. The molecule has 0 N–H and O–H groups in total. The Balaban J connectivity index is 1.83. The standard InChI is InChI=1S/C17H22/c1-2-6-14-12(4-1)8-10-17-15-7-3-5-13(15)9-11-16(14)17/h8,10,13,15H,1-7,9,11H2. The molecule has 0 aromatic heterocycles. The van der Waals surface area contributed by atoms with Gasteiger partial charge in [-0.3, -0.25) is 0 Å². The summed E-state index contributed by atoms with van der Waals surface area (Å²) in [5.74, 6) is 1.97. The van der Waals surface area contributed by atoms with Crippen LogP contribution in [0.5, 0.6) is 0 Å². The predicted molar refractivity (Wildman–Crippen MR) is 71.5 cm³/mol. The Bertz CT molecular complexity index is 444. The SMILES string of the molecule is c1cc2c(c3c1CCCC3)CCC1CCCC21. The van der Waals surface area contributed by atoms with E-state index in [0.717, 1.165) is 11.8 Å². The molecule has 2 unspecified atom stereocenters. The highest BCUT2D eigenvalue weighted by molar-refractivity contribution is 5.46. The molecular formula is C17H22. The maximum absolute atomic E-state index is 2.50. The highest BCUT2D eigenvalue weighted by Gasteiger charge is 2.34. The van der Waals surface area contributed by atoms with Gasteiger partial charge >= 0.3 is 0 Å². The van der Waals surface area contributed by atoms with E-state index in [1.807, 2.05) is 0 Å². The smallest absolute Gasteiger partial charge is 0.0131 e. The minimum atomic E-state index is 0.936. The van der Waals surface area contributed by atoms with Gasteiger partial charge in [0.1, 0.15) is 0 Å². The number of rotatable bonds is 0. The van der Waals surface area contributed by atoms with Crippen molar-refractivity contribution in [1.29, 1.82) is 0 Å². The zero-order valence-corrected chi connectivity index (χ0v) is 10.7. The van der Waals surface area contributed by atoms with Crippen molar-refractivity contribution in [3.05, 3.63) is 34.4 Å². The molecule has 90 valence electrons. The van der Waals surface area contributed by atoms with Gasteiger partial charge in [0.2, 0.25) is 0 Å². The molecule has 1 fully saturated rings. The summed E-state index contributed by atoms with van der Waals surface area (Å²) in [5.41, 5.74) is 7.02. The summed E-state index contributed by atoms with van der Waals surface area (Å²) in [7, 11) is 0. The van der Waals surface area contributed by atoms with Gasteiger partial charge in [-0.05, 0) is 85.5 Å². The minimum absolute atomic E-state index is 0.936. The van der Waals surface area contributed by atoms with E-state index in [-0.39, 0.29) is 0 Å². The van der Waals surface area contributed by atoms with Gasteiger partial charge in [-0.2, -0.15) is 0 Å². The van der Waals surface area contributed by atoms with Crippen LogP contribution in [0, 0.1) is 5.92 Å². The molecule has 3 aliphatic carbocycles. The van der Waals surface area contributed by atoms with E-state index >= 15 is 0 Å². The first-order valence-electron chi connectivity index (χ1n) is 7.57. The zero-order chi connectivity index (χ0) is 11.2. The number of fused-ring (bicyclic) bond motifs is 5. The quantitative estimate of drug-likeness (QED) is 0.615. The highest BCUT2D eigenvalue weighted by Crippen LogP contribution is 2.48. The molecule has 0 heteroatoms. The minimum Gasteiger partial charge on any atom is -0.0585 e. The van der Waals surface area contributed by atoms with Crippen molar-refractivity contribution in [3.63, 3.8) is 0 Å². The van der Waals surface area contributed by atoms with Gasteiger partial charge in [0.05, 0.1) is 0 Å². The summed E-state index contributed by atoms with van der Waals surface area (Å²) >= 11 is 0. The molecular weight excluding hydrogens is 204 g/mol. The van der Waals surface area contributed by atoms with Crippen molar-refractivity contribution in [2.24, 2.45) is 5.92 Å². The maximum atomic E-state index is 2.50. The van der Waals surface area contributed by atoms with E-state index in [1.165, 1.54) is 57.8 Å². The van der Waals surface area contributed by atoms with Crippen molar-refractivity contribution >= 4 is 0 Å². The normalized spacial score (nSPS) is 30.6. The average Bonchev–Trinajstić information content (AvgIpc) is 2.86. The molecule has 0 radical (unpaired) electrons. The lowest BCUT2D eigenvalue weighted by molar-refractivity contribution is 0.420. The monoisotopic (exact) mass is 226 g/mol. The zero-order valence-electron chi connectivity index (χ0n) is 10.7. The fraction of sp³-hybridized carbons (Fsp3) is 0.647. The van der Waals surface area contributed by atoms with Crippen molar-refractivity contribution in [2.75, 3.05) is 0 Å². The molecule has 1 aromatic carbocycles. The van der Waals surface area contributed by atoms with Gasteiger partial charge in [-0.15, -0.1) is 0 Å². The molecule has 2 atom stereocenters. The van der Waals surface area contributed by atoms with Gasteiger partial charge in [-0.1, -0.05) is 18.6 Å². The number of benzene rings is 1. The third kappa shape index (κ3) is 1.49. The molecule has 17 heavy (non-hydrogen) atoms. The van der Waals surface area contributed by atoms with Crippen LogP contribution in [0.3, 0.4) is 0 Å². The third-order valence-electron chi connectivity index (χ3n) is 5.51. The van der Waals surface area contributed by atoms with Gasteiger partial charge in [0.25, 0.3) is 0 Å². The Morgan fingerprint density at radius 1 is 0.765 bits per heavy atom. The molecule has 0 spiro atoms. The lowest BCUT2D eigenvalue weighted by Gasteiger charge is -2.32. The first-order chi connectivity index (χ1) is 8.43. The van der Waals surface area contributed by atoms with E-state index in [1.54, 1.807) is 22.3 Å². The van der Waals surface area contributed by atoms with E-state index in [4.69, 9.17) is 0 Å².